The molecule has 0 aliphatic carbocycles. The van der Waals surface area contributed by atoms with Crippen LogP contribution in [0, 0.1) is 6.92 Å². The molecule has 4 heteroatoms. The van der Waals surface area contributed by atoms with Gasteiger partial charge in [0.05, 0.1) is 19.3 Å². The lowest BCUT2D eigenvalue weighted by Crippen LogP contribution is -2.08. The number of ether oxygens (including phenoxy) is 2. The summed E-state index contributed by atoms with van der Waals surface area (Å²) in [6.07, 6.45) is 2.05. The second kappa shape index (κ2) is 8.46. The number of benzene rings is 3. The van der Waals surface area contributed by atoms with Crippen LogP contribution in [0.25, 0.3) is 21.9 Å². The first-order valence-corrected chi connectivity index (χ1v) is 10.1. The van der Waals surface area contributed by atoms with E-state index in [4.69, 9.17) is 9.47 Å². The second-order valence-corrected chi connectivity index (χ2v) is 7.26. The van der Waals surface area contributed by atoms with Crippen molar-refractivity contribution in [3.05, 3.63) is 89.7 Å². The number of methoxy groups -OCH3 is 1. The van der Waals surface area contributed by atoms with E-state index < -0.39 is 0 Å². The quantitative estimate of drug-likeness (QED) is 0.382. The largest absolute Gasteiger partial charge is 0.497 e. The van der Waals surface area contributed by atoms with Crippen LogP contribution in [0.1, 0.15) is 28.5 Å². The molecule has 0 unspecified atom stereocenters. The Labute approximate surface area is 176 Å². The molecule has 0 amide bonds. The smallest absolute Gasteiger partial charge is 0.340 e. The lowest BCUT2D eigenvalue weighted by atomic mass is 9.99. The summed E-state index contributed by atoms with van der Waals surface area (Å²) in [6.45, 7) is 4.81. The molecule has 152 valence electrons. The molecule has 1 heterocycles. The minimum Gasteiger partial charge on any atom is -0.497 e. The van der Waals surface area contributed by atoms with Gasteiger partial charge in [-0.15, -0.1) is 0 Å². The predicted octanol–water partition coefficient (Wildman–Crippen LogP) is 5.85. The summed E-state index contributed by atoms with van der Waals surface area (Å²) in [5.41, 5.74) is 4.56. The van der Waals surface area contributed by atoms with Crippen molar-refractivity contribution in [2.75, 3.05) is 13.7 Å². The van der Waals surface area contributed by atoms with Gasteiger partial charge in [0.1, 0.15) is 5.75 Å². The fourth-order valence-corrected chi connectivity index (χ4v) is 3.78. The summed E-state index contributed by atoms with van der Waals surface area (Å²) in [5, 5.41) is 2.32. The molecular weight excluding hydrogens is 374 g/mol. The lowest BCUT2D eigenvalue weighted by Gasteiger charge is -2.08. The zero-order valence-corrected chi connectivity index (χ0v) is 17.5. The Hall–Kier alpha value is -3.53. The van der Waals surface area contributed by atoms with E-state index in [2.05, 4.69) is 41.1 Å². The molecule has 0 aliphatic rings. The number of carbonyl (C=O) groups is 1. The molecule has 0 spiro atoms. The van der Waals surface area contributed by atoms with Crippen LogP contribution in [-0.4, -0.2) is 24.3 Å². The maximum Gasteiger partial charge on any atom is 0.340 e. The van der Waals surface area contributed by atoms with E-state index in [0.717, 1.165) is 33.5 Å². The molecule has 4 nitrogen and oxygen atoms in total. The highest BCUT2D eigenvalue weighted by Gasteiger charge is 2.22. The first kappa shape index (κ1) is 19.8. The molecule has 0 N–H and O–H groups in total. The average molecular weight is 399 g/mol. The lowest BCUT2D eigenvalue weighted by molar-refractivity contribution is 0.0526. The molecule has 0 fully saturated rings. The molecule has 0 saturated carbocycles. The summed E-state index contributed by atoms with van der Waals surface area (Å²) in [5.74, 6) is 0.540. The van der Waals surface area contributed by atoms with Crippen LogP contribution in [0.5, 0.6) is 5.75 Å². The number of hydrogen-bond acceptors (Lipinski definition) is 3. The van der Waals surface area contributed by atoms with Crippen LogP contribution in [0.15, 0.2) is 72.9 Å². The summed E-state index contributed by atoms with van der Waals surface area (Å²) >= 11 is 0. The Balaban J connectivity index is 1.79. The average Bonchev–Trinajstić information content (AvgIpc) is 3.10. The maximum atomic E-state index is 12.8. The normalized spacial score (nSPS) is 10.9. The Morgan fingerprint density at radius 2 is 1.70 bits per heavy atom. The summed E-state index contributed by atoms with van der Waals surface area (Å²) in [4.78, 5) is 12.8. The van der Waals surface area contributed by atoms with Crippen LogP contribution >= 0.6 is 0 Å². The third kappa shape index (κ3) is 3.81. The highest BCUT2D eigenvalue weighted by Crippen LogP contribution is 2.32. The van der Waals surface area contributed by atoms with E-state index in [-0.39, 0.29) is 5.97 Å². The molecular formula is C26H25NO3. The Morgan fingerprint density at radius 1 is 0.967 bits per heavy atom. The van der Waals surface area contributed by atoms with Gasteiger partial charge in [-0.3, -0.25) is 0 Å². The Bertz CT molecular complexity index is 1190. The van der Waals surface area contributed by atoms with Gasteiger partial charge in [-0.05, 0) is 53.9 Å². The van der Waals surface area contributed by atoms with E-state index in [9.17, 15) is 4.79 Å². The van der Waals surface area contributed by atoms with Gasteiger partial charge in [-0.25, -0.2) is 4.79 Å². The van der Waals surface area contributed by atoms with Crippen molar-refractivity contribution >= 4 is 16.7 Å². The van der Waals surface area contributed by atoms with Gasteiger partial charge in [-0.2, -0.15) is 0 Å². The summed E-state index contributed by atoms with van der Waals surface area (Å²) < 4.78 is 12.7. The number of aromatic nitrogens is 1. The minimum absolute atomic E-state index is 0.286. The van der Waals surface area contributed by atoms with Crippen molar-refractivity contribution in [2.45, 2.75) is 20.4 Å². The van der Waals surface area contributed by atoms with Crippen molar-refractivity contribution in [3.63, 3.8) is 0 Å². The third-order valence-corrected chi connectivity index (χ3v) is 5.40. The van der Waals surface area contributed by atoms with E-state index in [1.807, 2.05) is 50.2 Å². The van der Waals surface area contributed by atoms with E-state index in [1.54, 1.807) is 7.11 Å². The fraction of sp³-hybridized carbons (Fsp3) is 0.192. The van der Waals surface area contributed by atoms with E-state index in [1.165, 1.54) is 5.39 Å². The highest BCUT2D eigenvalue weighted by molar-refractivity contribution is 6.00. The van der Waals surface area contributed by atoms with Gasteiger partial charge in [0.2, 0.25) is 0 Å². The molecule has 0 aliphatic heterocycles. The van der Waals surface area contributed by atoms with E-state index >= 15 is 0 Å². The number of nitrogens with zero attached hydrogens (tertiary/aromatic N) is 1. The maximum absolute atomic E-state index is 12.8. The first-order valence-electron chi connectivity index (χ1n) is 10.1. The van der Waals surface area contributed by atoms with E-state index in [0.29, 0.717) is 18.7 Å². The number of hydrogen-bond donors (Lipinski definition) is 0. The van der Waals surface area contributed by atoms with Crippen molar-refractivity contribution in [1.29, 1.82) is 0 Å². The Kier molecular flexibility index (Phi) is 5.57. The van der Waals surface area contributed by atoms with Crippen LogP contribution in [-0.2, 0) is 11.3 Å². The minimum atomic E-state index is -0.286. The highest BCUT2D eigenvalue weighted by atomic mass is 16.5. The van der Waals surface area contributed by atoms with Gasteiger partial charge >= 0.3 is 5.97 Å². The van der Waals surface area contributed by atoms with Crippen LogP contribution in [0.3, 0.4) is 0 Å². The molecule has 0 atom stereocenters. The van der Waals surface area contributed by atoms with Crippen molar-refractivity contribution < 1.29 is 14.3 Å². The van der Waals surface area contributed by atoms with Crippen molar-refractivity contribution in [3.8, 4) is 16.9 Å². The summed E-state index contributed by atoms with van der Waals surface area (Å²) in [6, 6.07) is 22.5. The molecule has 0 radical (unpaired) electrons. The standard InChI is InChI=1S/C26H25NO3/c1-4-30-26(28)25-18(2)27(16-19-9-13-23(29-3)14-10-19)17-24(25)22-12-11-20-7-5-6-8-21(20)15-22/h5-15,17H,4,16H2,1-3H3. The Morgan fingerprint density at radius 3 is 2.40 bits per heavy atom. The van der Waals surface area contributed by atoms with Gasteiger partial charge in [0, 0.05) is 24.0 Å². The van der Waals surface area contributed by atoms with Crippen LogP contribution in [0.2, 0.25) is 0 Å². The van der Waals surface area contributed by atoms with Gasteiger partial charge in [-0.1, -0.05) is 48.5 Å². The van der Waals surface area contributed by atoms with Crippen LogP contribution < -0.4 is 4.74 Å². The molecule has 3 aromatic carbocycles. The number of fused-ring (bicyclic) bond motifs is 1. The molecule has 4 rings (SSSR count). The van der Waals surface area contributed by atoms with Gasteiger partial charge in [0.25, 0.3) is 0 Å². The third-order valence-electron chi connectivity index (χ3n) is 5.40. The number of carbonyl (C=O) groups excluding carboxylic acids is 1. The second-order valence-electron chi connectivity index (χ2n) is 7.26. The first-order chi connectivity index (χ1) is 14.6. The summed E-state index contributed by atoms with van der Waals surface area (Å²) in [7, 11) is 1.66. The van der Waals surface area contributed by atoms with Crippen molar-refractivity contribution in [2.24, 2.45) is 0 Å². The predicted molar refractivity (Wildman–Crippen MR) is 120 cm³/mol. The molecule has 1 aromatic heterocycles. The molecule has 0 saturated heterocycles. The SMILES string of the molecule is CCOC(=O)c1c(-c2ccc3ccccc3c2)cn(Cc2ccc(OC)cc2)c1C. The van der Waals surface area contributed by atoms with Crippen molar-refractivity contribution in [1.82, 2.24) is 4.57 Å². The number of esters is 1. The zero-order valence-electron chi connectivity index (χ0n) is 17.5. The monoisotopic (exact) mass is 399 g/mol. The number of rotatable bonds is 6. The van der Waals surface area contributed by atoms with Gasteiger partial charge in [0.15, 0.2) is 0 Å². The zero-order chi connectivity index (χ0) is 21.1. The van der Waals surface area contributed by atoms with Crippen LogP contribution in [0.4, 0.5) is 0 Å². The fourth-order valence-electron chi connectivity index (χ4n) is 3.78. The molecule has 4 aromatic rings. The van der Waals surface area contributed by atoms with Gasteiger partial charge < -0.3 is 14.0 Å². The molecule has 30 heavy (non-hydrogen) atoms. The molecule has 0 bridgehead atoms. The topological polar surface area (TPSA) is 40.5 Å².